The minimum Gasteiger partial charge on any atom is -0.338 e. The quantitative estimate of drug-likeness (QED) is 0.576. The van der Waals surface area contributed by atoms with Gasteiger partial charge in [-0.1, -0.05) is 36.4 Å². The van der Waals surface area contributed by atoms with E-state index in [9.17, 15) is 4.79 Å². The molecule has 2 N–H and O–H groups in total. The topological polar surface area (TPSA) is 90.6 Å². The van der Waals surface area contributed by atoms with Crippen LogP contribution in [0.4, 0.5) is 0 Å². The highest BCUT2D eigenvalue weighted by molar-refractivity contribution is 6.04. The number of carbonyl (C=O) groups is 1. The van der Waals surface area contributed by atoms with Crippen molar-refractivity contribution >= 4 is 16.9 Å². The molecule has 1 amide bonds. The highest BCUT2D eigenvalue weighted by Gasteiger charge is 2.25. The second-order valence-corrected chi connectivity index (χ2v) is 6.68. The van der Waals surface area contributed by atoms with E-state index < -0.39 is 0 Å². The van der Waals surface area contributed by atoms with Gasteiger partial charge >= 0.3 is 0 Å². The number of rotatable bonds is 2. The van der Waals surface area contributed by atoms with E-state index in [1.165, 1.54) is 5.56 Å². The van der Waals surface area contributed by atoms with Crippen molar-refractivity contribution < 1.29 is 4.79 Å². The second kappa shape index (κ2) is 6.35. The molecule has 27 heavy (non-hydrogen) atoms. The smallest absolute Gasteiger partial charge is 0.256 e. The first-order valence-electron chi connectivity index (χ1n) is 9.01. The number of hydrogen-bond donors (Lipinski definition) is 2. The van der Waals surface area contributed by atoms with Gasteiger partial charge in [-0.05, 0) is 18.6 Å². The van der Waals surface area contributed by atoms with Crippen LogP contribution in [-0.4, -0.2) is 49.5 Å². The molecule has 4 aromatic rings. The number of amides is 1. The molecular weight excluding hydrogens is 340 g/mol. The summed E-state index contributed by atoms with van der Waals surface area (Å²) >= 11 is 0. The maximum absolute atomic E-state index is 13.1. The molecule has 1 aliphatic rings. The van der Waals surface area contributed by atoms with Crippen molar-refractivity contribution in [3.8, 4) is 11.3 Å². The lowest BCUT2D eigenvalue weighted by Gasteiger charge is -2.20. The van der Waals surface area contributed by atoms with Gasteiger partial charge in [0.25, 0.3) is 5.91 Å². The summed E-state index contributed by atoms with van der Waals surface area (Å²) in [7, 11) is 0. The average Bonchev–Trinajstić information content (AvgIpc) is 3.30. The van der Waals surface area contributed by atoms with E-state index in [-0.39, 0.29) is 5.91 Å². The summed E-state index contributed by atoms with van der Waals surface area (Å²) in [5.74, 6) is -0.00567. The third-order valence-electron chi connectivity index (χ3n) is 5.13. The first-order chi connectivity index (χ1) is 13.3. The van der Waals surface area contributed by atoms with Gasteiger partial charge in [0.2, 0.25) is 0 Å². The van der Waals surface area contributed by atoms with Crippen molar-refractivity contribution in [2.45, 2.75) is 12.8 Å². The number of para-hydroxylation sites is 1. The highest BCUT2D eigenvalue weighted by atomic mass is 16.2. The number of carbonyl (C=O) groups excluding carboxylic acids is 1. The SMILES string of the molecule is O=C(c1cccc2n[nH]nc12)N1CCc2[nH]nc(-c3ccccc3)c2CC1. The van der Waals surface area contributed by atoms with Crippen LogP contribution in [0.2, 0.25) is 0 Å². The van der Waals surface area contributed by atoms with Crippen LogP contribution in [0, 0.1) is 0 Å². The van der Waals surface area contributed by atoms with Crippen molar-refractivity contribution in [2.24, 2.45) is 0 Å². The molecule has 3 heterocycles. The Morgan fingerprint density at radius 1 is 0.926 bits per heavy atom. The molecule has 7 heteroatoms. The summed E-state index contributed by atoms with van der Waals surface area (Å²) in [4.78, 5) is 15.0. The molecule has 0 bridgehead atoms. The number of hydrogen-bond acceptors (Lipinski definition) is 4. The largest absolute Gasteiger partial charge is 0.338 e. The Balaban J connectivity index is 1.43. The number of nitrogens with one attached hydrogen (secondary N) is 2. The first-order valence-corrected chi connectivity index (χ1v) is 9.01. The molecule has 134 valence electrons. The third kappa shape index (κ3) is 2.68. The Bertz CT molecular complexity index is 1110. The Morgan fingerprint density at radius 2 is 1.78 bits per heavy atom. The van der Waals surface area contributed by atoms with Crippen molar-refractivity contribution in [1.82, 2.24) is 30.5 Å². The summed E-state index contributed by atoms with van der Waals surface area (Å²) < 4.78 is 0. The van der Waals surface area contributed by atoms with Crippen LogP contribution in [-0.2, 0) is 12.8 Å². The molecule has 0 saturated carbocycles. The lowest BCUT2D eigenvalue weighted by molar-refractivity contribution is 0.0764. The average molecular weight is 358 g/mol. The van der Waals surface area contributed by atoms with E-state index in [1.54, 1.807) is 0 Å². The highest BCUT2D eigenvalue weighted by Crippen LogP contribution is 2.27. The lowest BCUT2D eigenvalue weighted by Crippen LogP contribution is -2.33. The number of H-pyrrole nitrogens is 2. The monoisotopic (exact) mass is 358 g/mol. The number of benzene rings is 2. The maximum atomic E-state index is 13.1. The number of aromatic amines is 2. The minimum absolute atomic E-state index is 0.00567. The molecule has 7 nitrogen and oxygen atoms in total. The van der Waals surface area contributed by atoms with Crippen LogP contribution in [0.5, 0.6) is 0 Å². The molecule has 0 saturated heterocycles. The summed E-state index contributed by atoms with van der Waals surface area (Å²) in [6.45, 7) is 1.30. The van der Waals surface area contributed by atoms with Crippen LogP contribution in [0.3, 0.4) is 0 Å². The fourth-order valence-electron chi connectivity index (χ4n) is 3.73. The van der Waals surface area contributed by atoms with Gasteiger partial charge in [0, 0.05) is 36.3 Å². The van der Waals surface area contributed by atoms with Crippen LogP contribution >= 0.6 is 0 Å². The maximum Gasteiger partial charge on any atom is 0.256 e. The van der Waals surface area contributed by atoms with Gasteiger partial charge in [0.1, 0.15) is 11.0 Å². The summed E-state index contributed by atoms with van der Waals surface area (Å²) in [6.07, 6.45) is 1.53. The Labute approximate surface area is 155 Å². The molecule has 2 aromatic heterocycles. The molecule has 0 aliphatic carbocycles. The third-order valence-corrected chi connectivity index (χ3v) is 5.13. The predicted molar refractivity (Wildman–Crippen MR) is 101 cm³/mol. The molecular formula is C20H18N6O. The molecule has 0 radical (unpaired) electrons. The van der Waals surface area contributed by atoms with E-state index in [2.05, 4.69) is 37.7 Å². The van der Waals surface area contributed by atoms with Gasteiger partial charge < -0.3 is 4.90 Å². The van der Waals surface area contributed by atoms with E-state index >= 15 is 0 Å². The fourth-order valence-corrected chi connectivity index (χ4v) is 3.73. The van der Waals surface area contributed by atoms with E-state index in [4.69, 9.17) is 0 Å². The first kappa shape index (κ1) is 15.7. The van der Waals surface area contributed by atoms with Crippen molar-refractivity contribution in [3.63, 3.8) is 0 Å². The van der Waals surface area contributed by atoms with Crippen molar-refractivity contribution in [2.75, 3.05) is 13.1 Å². The zero-order valence-electron chi connectivity index (χ0n) is 14.6. The number of fused-ring (bicyclic) bond motifs is 2. The van der Waals surface area contributed by atoms with Gasteiger partial charge in [0.15, 0.2) is 0 Å². The number of nitrogens with zero attached hydrogens (tertiary/aromatic N) is 4. The van der Waals surface area contributed by atoms with Gasteiger partial charge in [-0.2, -0.15) is 20.5 Å². The van der Waals surface area contributed by atoms with E-state index in [1.807, 2.05) is 41.3 Å². The standard InChI is InChI=1S/C20H18N6O/c27-20(15-7-4-8-17-19(15)24-25-22-17)26-11-9-14-16(10-12-26)21-23-18(14)13-5-2-1-3-6-13/h1-8H,9-12H2,(H,21,23)(H,22,24,25). The molecule has 5 rings (SSSR count). The fraction of sp³-hybridized carbons (Fsp3) is 0.200. The molecule has 1 aliphatic heterocycles. The summed E-state index contributed by atoms with van der Waals surface area (Å²) in [6, 6.07) is 15.7. The van der Waals surface area contributed by atoms with Crippen LogP contribution in [0.1, 0.15) is 21.6 Å². The van der Waals surface area contributed by atoms with Gasteiger partial charge in [-0.25, -0.2) is 0 Å². The molecule has 0 unspecified atom stereocenters. The van der Waals surface area contributed by atoms with E-state index in [0.29, 0.717) is 29.7 Å². The van der Waals surface area contributed by atoms with Gasteiger partial charge in [0.05, 0.1) is 11.3 Å². The molecule has 0 spiro atoms. The summed E-state index contributed by atoms with van der Waals surface area (Å²) in [5, 5.41) is 18.5. The van der Waals surface area contributed by atoms with Crippen molar-refractivity contribution in [3.05, 3.63) is 65.4 Å². The lowest BCUT2D eigenvalue weighted by atomic mass is 10.0. The minimum atomic E-state index is -0.00567. The van der Waals surface area contributed by atoms with Crippen LogP contribution in [0.15, 0.2) is 48.5 Å². The van der Waals surface area contributed by atoms with Gasteiger partial charge in [-0.15, -0.1) is 0 Å². The Morgan fingerprint density at radius 3 is 2.67 bits per heavy atom. The normalized spacial score (nSPS) is 14.1. The van der Waals surface area contributed by atoms with Gasteiger partial charge in [-0.3, -0.25) is 9.89 Å². The zero-order valence-corrected chi connectivity index (χ0v) is 14.6. The Kier molecular flexibility index (Phi) is 3.71. The van der Waals surface area contributed by atoms with Crippen LogP contribution in [0.25, 0.3) is 22.3 Å². The molecule has 0 atom stereocenters. The second-order valence-electron chi connectivity index (χ2n) is 6.68. The Hall–Kier alpha value is -3.48. The van der Waals surface area contributed by atoms with Crippen molar-refractivity contribution in [1.29, 1.82) is 0 Å². The van der Waals surface area contributed by atoms with E-state index in [0.717, 1.165) is 29.8 Å². The predicted octanol–water partition coefficient (Wildman–Crippen LogP) is 2.59. The van der Waals surface area contributed by atoms with Crippen LogP contribution < -0.4 is 0 Å². The summed E-state index contributed by atoms with van der Waals surface area (Å²) in [5.41, 5.74) is 6.32. The zero-order chi connectivity index (χ0) is 18.2. The molecule has 2 aromatic carbocycles. The number of aromatic nitrogens is 5. The molecule has 0 fully saturated rings.